The molecule has 0 unspecified atom stereocenters. The molecule has 0 bridgehead atoms. The highest BCUT2D eigenvalue weighted by molar-refractivity contribution is 5.79. The molecule has 0 spiro atoms. The third-order valence-electron chi connectivity index (χ3n) is 1.14. The van der Waals surface area contributed by atoms with Crippen LogP contribution in [0.5, 0.6) is 0 Å². The number of ketones is 2. The van der Waals surface area contributed by atoms with Crippen molar-refractivity contribution in [1.82, 2.24) is 0 Å². The van der Waals surface area contributed by atoms with Crippen LogP contribution in [0.15, 0.2) is 0 Å². The van der Waals surface area contributed by atoms with Crippen molar-refractivity contribution in [2.45, 2.75) is 26.7 Å². The molecular formula is C8H16O4. The van der Waals surface area contributed by atoms with Gasteiger partial charge in [-0.2, -0.15) is 0 Å². The van der Waals surface area contributed by atoms with E-state index in [-0.39, 0.29) is 24.8 Å². The summed E-state index contributed by atoms with van der Waals surface area (Å²) in [6.07, 6.45) is 0.882. The minimum absolute atomic E-state index is 0.102. The maximum Gasteiger partial charge on any atom is 0.157 e. The zero-order valence-electron chi connectivity index (χ0n) is 7.54. The third-order valence-corrected chi connectivity index (χ3v) is 1.14. The minimum Gasteiger partial charge on any atom is -0.389 e. The molecule has 4 heteroatoms. The van der Waals surface area contributed by atoms with E-state index >= 15 is 0 Å². The third kappa shape index (κ3) is 12.0. The Kier molecular flexibility index (Phi) is 11.8. The number of carbonyl (C=O) groups is 2. The summed E-state index contributed by atoms with van der Waals surface area (Å²) >= 11 is 0. The molecule has 0 radical (unpaired) electrons. The number of aliphatic hydroxyl groups is 2. The van der Waals surface area contributed by atoms with E-state index in [1.165, 1.54) is 0 Å². The second-order valence-corrected chi connectivity index (χ2v) is 2.10. The average molecular weight is 176 g/mol. The summed E-state index contributed by atoms with van der Waals surface area (Å²) in [5, 5.41) is 16.0. The molecule has 0 fully saturated rings. The second kappa shape index (κ2) is 10.3. The Labute approximate surface area is 72.2 Å². The minimum atomic E-state index is -0.309. The van der Waals surface area contributed by atoms with Crippen molar-refractivity contribution in [2.75, 3.05) is 13.2 Å². The number of hydrogen-bond acceptors (Lipinski definition) is 4. The first-order chi connectivity index (χ1) is 5.62. The summed E-state index contributed by atoms with van der Waals surface area (Å²) in [7, 11) is 0. The molecule has 0 atom stereocenters. The summed E-state index contributed by atoms with van der Waals surface area (Å²) < 4.78 is 0. The van der Waals surface area contributed by atoms with Crippen molar-refractivity contribution in [3.63, 3.8) is 0 Å². The summed E-state index contributed by atoms with van der Waals surface area (Å²) in [6, 6.07) is 0. The number of rotatable bonds is 4. The Morgan fingerprint density at radius 3 is 1.17 bits per heavy atom. The van der Waals surface area contributed by atoms with Crippen LogP contribution in [-0.2, 0) is 9.59 Å². The lowest BCUT2D eigenvalue weighted by molar-refractivity contribution is -0.122. The van der Waals surface area contributed by atoms with Crippen LogP contribution in [-0.4, -0.2) is 35.0 Å². The average Bonchev–Trinajstić information content (AvgIpc) is 2.16. The van der Waals surface area contributed by atoms with Crippen LogP contribution in [0.1, 0.15) is 26.7 Å². The predicted molar refractivity (Wildman–Crippen MR) is 44.8 cm³/mol. The van der Waals surface area contributed by atoms with E-state index in [1.807, 2.05) is 0 Å². The zero-order chi connectivity index (χ0) is 9.98. The SMILES string of the molecule is CCC(=O)CO.CCC(=O)CO. The van der Waals surface area contributed by atoms with Gasteiger partial charge in [-0.3, -0.25) is 9.59 Å². The van der Waals surface area contributed by atoms with Gasteiger partial charge in [0.05, 0.1) is 0 Å². The first-order valence-corrected chi connectivity index (χ1v) is 3.87. The highest BCUT2D eigenvalue weighted by Gasteiger charge is 1.88. The van der Waals surface area contributed by atoms with Crippen molar-refractivity contribution in [2.24, 2.45) is 0 Å². The van der Waals surface area contributed by atoms with E-state index in [2.05, 4.69) is 0 Å². The van der Waals surface area contributed by atoms with Crippen LogP contribution in [0, 0.1) is 0 Å². The van der Waals surface area contributed by atoms with E-state index in [0.717, 1.165) is 0 Å². The molecule has 0 heterocycles. The van der Waals surface area contributed by atoms with Gasteiger partial charge in [0.2, 0.25) is 0 Å². The van der Waals surface area contributed by atoms with Gasteiger partial charge in [0, 0.05) is 12.8 Å². The van der Waals surface area contributed by atoms with Crippen LogP contribution in [0.25, 0.3) is 0 Å². The topological polar surface area (TPSA) is 74.6 Å². The molecule has 0 saturated heterocycles. The van der Waals surface area contributed by atoms with Crippen LogP contribution >= 0.6 is 0 Å². The fourth-order valence-corrected chi connectivity index (χ4v) is 0.224. The summed E-state index contributed by atoms with van der Waals surface area (Å²) in [4.78, 5) is 19.9. The molecule has 0 aliphatic heterocycles. The predicted octanol–water partition coefficient (Wildman–Crippen LogP) is -0.0844. The van der Waals surface area contributed by atoms with Crippen LogP contribution in [0.2, 0.25) is 0 Å². The highest BCUT2D eigenvalue weighted by atomic mass is 16.3. The lowest BCUT2D eigenvalue weighted by Gasteiger charge is -1.81. The summed E-state index contributed by atoms with van der Waals surface area (Å²) in [5.41, 5.74) is 0. The van der Waals surface area contributed by atoms with Crippen molar-refractivity contribution in [3.05, 3.63) is 0 Å². The Morgan fingerprint density at radius 1 is 0.917 bits per heavy atom. The van der Waals surface area contributed by atoms with Gasteiger partial charge in [-0.25, -0.2) is 0 Å². The van der Waals surface area contributed by atoms with Gasteiger partial charge in [-0.1, -0.05) is 13.8 Å². The van der Waals surface area contributed by atoms with E-state index in [1.54, 1.807) is 13.8 Å². The molecule has 72 valence electrons. The molecule has 0 amide bonds. The van der Waals surface area contributed by atoms with Gasteiger partial charge >= 0.3 is 0 Å². The normalized spacial score (nSPS) is 8.33. The summed E-state index contributed by atoms with van der Waals surface area (Å²) in [6.45, 7) is 2.82. The fourth-order valence-electron chi connectivity index (χ4n) is 0.224. The quantitative estimate of drug-likeness (QED) is 0.628. The smallest absolute Gasteiger partial charge is 0.157 e. The maximum atomic E-state index is 9.93. The standard InChI is InChI=1S/2C4H8O2/c2*1-2-4(6)3-5/h2*5H,2-3H2,1H3. The Hall–Kier alpha value is -0.740. The lowest BCUT2D eigenvalue weighted by Crippen LogP contribution is -1.99. The second-order valence-electron chi connectivity index (χ2n) is 2.10. The van der Waals surface area contributed by atoms with Gasteiger partial charge in [-0.15, -0.1) is 0 Å². The Morgan fingerprint density at radius 2 is 1.17 bits per heavy atom. The van der Waals surface area contributed by atoms with Crippen LogP contribution < -0.4 is 0 Å². The summed E-state index contributed by atoms with van der Waals surface area (Å²) in [5.74, 6) is -0.204. The Bertz CT molecular complexity index is 103. The largest absolute Gasteiger partial charge is 0.389 e. The monoisotopic (exact) mass is 176 g/mol. The zero-order valence-corrected chi connectivity index (χ0v) is 7.54. The van der Waals surface area contributed by atoms with Crippen LogP contribution in [0.3, 0.4) is 0 Å². The molecular weight excluding hydrogens is 160 g/mol. The van der Waals surface area contributed by atoms with Gasteiger partial charge in [-0.05, 0) is 0 Å². The number of Topliss-reactive ketones (excluding diaryl/α,β-unsaturated/α-hetero) is 2. The lowest BCUT2D eigenvalue weighted by atomic mass is 10.3. The number of aliphatic hydroxyl groups excluding tert-OH is 2. The molecule has 12 heavy (non-hydrogen) atoms. The molecule has 2 N–H and O–H groups in total. The van der Waals surface area contributed by atoms with Gasteiger partial charge < -0.3 is 10.2 Å². The molecule has 0 aliphatic carbocycles. The van der Waals surface area contributed by atoms with Gasteiger partial charge in [0.1, 0.15) is 13.2 Å². The molecule has 4 nitrogen and oxygen atoms in total. The highest BCUT2D eigenvalue weighted by Crippen LogP contribution is 1.74. The fraction of sp³-hybridized carbons (Fsp3) is 0.750. The number of carbonyl (C=O) groups excluding carboxylic acids is 2. The van der Waals surface area contributed by atoms with Gasteiger partial charge in [0.15, 0.2) is 11.6 Å². The van der Waals surface area contributed by atoms with E-state index < -0.39 is 0 Å². The molecule has 0 saturated carbocycles. The van der Waals surface area contributed by atoms with Crippen molar-refractivity contribution in [1.29, 1.82) is 0 Å². The van der Waals surface area contributed by atoms with Crippen molar-refractivity contribution in [3.8, 4) is 0 Å². The van der Waals surface area contributed by atoms with Crippen molar-refractivity contribution < 1.29 is 19.8 Å². The van der Waals surface area contributed by atoms with Crippen LogP contribution in [0.4, 0.5) is 0 Å². The van der Waals surface area contributed by atoms with E-state index in [0.29, 0.717) is 12.8 Å². The van der Waals surface area contributed by atoms with Gasteiger partial charge in [0.25, 0.3) is 0 Å². The maximum absolute atomic E-state index is 9.93. The molecule has 0 rings (SSSR count). The molecule has 0 aliphatic rings. The van der Waals surface area contributed by atoms with Crippen molar-refractivity contribution >= 4 is 11.6 Å². The molecule has 0 aromatic carbocycles. The molecule has 0 aromatic rings. The number of hydrogen-bond donors (Lipinski definition) is 2. The first kappa shape index (κ1) is 13.8. The first-order valence-electron chi connectivity index (χ1n) is 3.87. The molecule has 0 aromatic heterocycles. The Balaban J connectivity index is 0. The van der Waals surface area contributed by atoms with E-state index in [9.17, 15) is 9.59 Å². The van der Waals surface area contributed by atoms with E-state index in [4.69, 9.17) is 10.2 Å².